The van der Waals surface area contributed by atoms with Crippen molar-refractivity contribution >= 4 is 5.91 Å². The van der Waals surface area contributed by atoms with Gasteiger partial charge in [0.15, 0.2) is 6.10 Å². The van der Waals surface area contributed by atoms with Crippen LogP contribution in [0, 0.1) is 19.7 Å². The highest BCUT2D eigenvalue weighted by Crippen LogP contribution is 2.20. The lowest BCUT2D eigenvalue weighted by Crippen LogP contribution is -2.39. The molecule has 1 N–H and O–H groups in total. The van der Waals surface area contributed by atoms with Gasteiger partial charge in [0.2, 0.25) is 0 Å². The van der Waals surface area contributed by atoms with Crippen LogP contribution in [0.15, 0.2) is 42.5 Å². The van der Waals surface area contributed by atoms with Crippen molar-refractivity contribution < 1.29 is 13.9 Å². The van der Waals surface area contributed by atoms with Gasteiger partial charge in [-0.2, -0.15) is 0 Å². The highest BCUT2D eigenvalue weighted by Gasteiger charge is 2.21. The van der Waals surface area contributed by atoms with Gasteiger partial charge in [-0.25, -0.2) is 4.39 Å². The molecular weight excluding hydrogens is 305 g/mol. The molecular formula is C20H24FNO2. The third-order valence-corrected chi connectivity index (χ3v) is 4.02. The Kier molecular flexibility index (Phi) is 5.96. The summed E-state index contributed by atoms with van der Waals surface area (Å²) in [5, 5.41) is 3.01. The van der Waals surface area contributed by atoms with Gasteiger partial charge >= 0.3 is 0 Å². The molecule has 0 aliphatic carbocycles. The lowest BCUT2D eigenvalue weighted by Gasteiger charge is -2.22. The Morgan fingerprint density at radius 3 is 2.46 bits per heavy atom. The normalized spacial score (nSPS) is 13.2. The molecule has 0 fully saturated rings. The molecule has 0 spiro atoms. The summed E-state index contributed by atoms with van der Waals surface area (Å²) in [5.41, 5.74) is 3.40. The summed E-state index contributed by atoms with van der Waals surface area (Å²) >= 11 is 0. The summed E-state index contributed by atoms with van der Waals surface area (Å²) in [6.45, 7) is 7.91. The predicted molar refractivity (Wildman–Crippen MR) is 93.6 cm³/mol. The topological polar surface area (TPSA) is 38.3 Å². The Hall–Kier alpha value is -2.36. The minimum Gasteiger partial charge on any atom is -0.481 e. The Morgan fingerprint density at radius 1 is 1.17 bits per heavy atom. The van der Waals surface area contributed by atoms with Gasteiger partial charge in [-0.05, 0) is 62.6 Å². The fraction of sp³-hybridized carbons (Fsp3) is 0.350. The molecule has 0 aromatic heterocycles. The van der Waals surface area contributed by atoms with Crippen molar-refractivity contribution in [2.45, 2.75) is 46.3 Å². The van der Waals surface area contributed by atoms with Gasteiger partial charge in [0, 0.05) is 0 Å². The van der Waals surface area contributed by atoms with Gasteiger partial charge in [0.1, 0.15) is 11.6 Å². The van der Waals surface area contributed by atoms with Crippen LogP contribution in [-0.4, -0.2) is 12.0 Å². The van der Waals surface area contributed by atoms with Gasteiger partial charge in [-0.1, -0.05) is 30.7 Å². The maximum Gasteiger partial charge on any atom is 0.261 e. The van der Waals surface area contributed by atoms with Crippen molar-refractivity contribution in [3.05, 3.63) is 65.0 Å². The number of hydrogen-bond acceptors (Lipinski definition) is 2. The summed E-state index contributed by atoms with van der Waals surface area (Å²) in [4.78, 5) is 12.5. The number of carbonyl (C=O) groups excluding carboxylic acids is 1. The van der Waals surface area contributed by atoms with Gasteiger partial charge < -0.3 is 10.1 Å². The second-order valence-electron chi connectivity index (χ2n) is 6.06. The molecule has 3 nitrogen and oxygen atoms in total. The molecule has 2 rings (SSSR count). The first-order chi connectivity index (χ1) is 11.4. The van der Waals surface area contributed by atoms with E-state index < -0.39 is 6.10 Å². The summed E-state index contributed by atoms with van der Waals surface area (Å²) in [5.74, 6) is -0.0172. The molecule has 2 atom stereocenters. The standard InChI is InChI=1S/C20H24FNO2/c1-5-19(24-17-10-8-16(21)9-11-17)20(23)22-15(4)18-12-13(2)6-7-14(18)3/h6-12,15,19H,5H2,1-4H3,(H,22,23). The Balaban J connectivity index is 2.05. The summed E-state index contributed by atoms with van der Waals surface area (Å²) in [7, 11) is 0. The number of aryl methyl sites for hydroxylation is 2. The summed E-state index contributed by atoms with van der Waals surface area (Å²) < 4.78 is 18.7. The minimum absolute atomic E-state index is 0.108. The van der Waals surface area contributed by atoms with Crippen molar-refractivity contribution in [3.8, 4) is 5.75 Å². The van der Waals surface area contributed by atoms with Crippen LogP contribution in [0.2, 0.25) is 0 Å². The third kappa shape index (κ3) is 4.57. The van der Waals surface area contributed by atoms with E-state index in [2.05, 4.69) is 23.5 Å². The molecule has 128 valence electrons. The van der Waals surface area contributed by atoms with Gasteiger partial charge in [-0.15, -0.1) is 0 Å². The molecule has 24 heavy (non-hydrogen) atoms. The molecule has 0 saturated carbocycles. The molecule has 4 heteroatoms. The van der Waals surface area contributed by atoms with E-state index in [1.165, 1.54) is 24.3 Å². The van der Waals surface area contributed by atoms with E-state index in [0.717, 1.165) is 16.7 Å². The highest BCUT2D eigenvalue weighted by molar-refractivity contribution is 5.81. The molecule has 0 radical (unpaired) electrons. The van der Waals surface area contributed by atoms with E-state index in [1.54, 1.807) is 0 Å². The number of benzene rings is 2. The van der Waals surface area contributed by atoms with E-state index in [0.29, 0.717) is 12.2 Å². The smallest absolute Gasteiger partial charge is 0.261 e. The lowest BCUT2D eigenvalue weighted by atomic mass is 10.00. The van der Waals surface area contributed by atoms with E-state index >= 15 is 0 Å². The maximum absolute atomic E-state index is 13.0. The van der Waals surface area contributed by atoms with E-state index in [-0.39, 0.29) is 17.8 Å². The number of ether oxygens (including phenoxy) is 1. The number of hydrogen-bond donors (Lipinski definition) is 1. The molecule has 0 saturated heterocycles. The number of nitrogens with one attached hydrogen (secondary N) is 1. The van der Waals surface area contributed by atoms with Crippen LogP contribution < -0.4 is 10.1 Å². The van der Waals surface area contributed by atoms with Crippen LogP contribution in [-0.2, 0) is 4.79 Å². The van der Waals surface area contributed by atoms with Crippen LogP contribution in [0.1, 0.15) is 43.0 Å². The molecule has 1 amide bonds. The van der Waals surface area contributed by atoms with Gasteiger partial charge in [-0.3, -0.25) is 4.79 Å². The predicted octanol–water partition coefficient (Wildman–Crippen LogP) is 4.48. The quantitative estimate of drug-likeness (QED) is 0.849. The van der Waals surface area contributed by atoms with E-state index in [4.69, 9.17) is 4.74 Å². The number of carbonyl (C=O) groups is 1. The second-order valence-corrected chi connectivity index (χ2v) is 6.06. The Bertz CT molecular complexity index is 697. The molecule has 2 aromatic carbocycles. The molecule has 2 unspecified atom stereocenters. The number of halogens is 1. The van der Waals surface area contributed by atoms with Crippen LogP contribution >= 0.6 is 0 Å². The molecule has 0 aliphatic rings. The zero-order valence-corrected chi connectivity index (χ0v) is 14.6. The SMILES string of the molecule is CCC(Oc1ccc(F)cc1)C(=O)NC(C)c1cc(C)ccc1C. The van der Waals surface area contributed by atoms with Crippen LogP contribution in [0.5, 0.6) is 5.75 Å². The summed E-state index contributed by atoms with van der Waals surface area (Å²) in [6, 6.07) is 11.8. The van der Waals surface area contributed by atoms with Crippen LogP contribution in [0.3, 0.4) is 0 Å². The third-order valence-electron chi connectivity index (χ3n) is 4.02. The van der Waals surface area contributed by atoms with Gasteiger partial charge in [0.25, 0.3) is 5.91 Å². The number of amides is 1. The van der Waals surface area contributed by atoms with Gasteiger partial charge in [0.05, 0.1) is 6.04 Å². The molecule has 0 heterocycles. The average Bonchev–Trinajstić information content (AvgIpc) is 2.56. The first-order valence-electron chi connectivity index (χ1n) is 8.20. The zero-order valence-electron chi connectivity index (χ0n) is 14.6. The maximum atomic E-state index is 13.0. The fourth-order valence-electron chi connectivity index (χ4n) is 2.61. The Morgan fingerprint density at radius 2 is 1.83 bits per heavy atom. The van der Waals surface area contributed by atoms with Crippen LogP contribution in [0.4, 0.5) is 4.39 Å². The van der Waals surface area contributed by atoms with Crippen LogP contribution in [0.25, 0.3) is 0 Å². The molecule has 2 aromatic rings. The average molecular weight is 329 g/mol. The lowest BCUT2D eigenvalue weighted by molar-refractivity contribution is -0.128. The van der Waals surface area contributed by atoms with Crippen molar-refractivity contribution in [2.24, 2.45) is 0 Å². The fourth-order valence-corrected chi connectivity index (χ4v) is 2.61. The first-order valence-corrected chi connectivity index (χ1v) is 8.20. The monoisotopic (exact) mass is 329 g/mol. The van der Waals surface area contributed by atoms with Crippen molar-refractivity contribution in [1.29, 1.82) is 0 Å². The first kappa shape index (κ1) is 18.0. The zero-order chi connectivity index (χ0) is 17.7. The van der Waals surface area contributed by atoms with Crippen molar-refractivity contribution in [1.82, 2.24) is 5.32 Å². The van der Waals surface area contributed by atoms with Crippen molar-refractivity contribution in [3.63, 3.8) is 0 Å². The van der Waals surface area contributed by atoms with Crippen molar-refractivity contribution in [2.75, 3.05) is 0 Å². The number of rotatable bonds is 6. The highest BCUT2D eigenvalue weighted by atomic mass is 19.1. The van der Waals surface area contributed by atoms with E-state index in [9.17, 15) is 9.18 Å². The largest absolute Gasteiger partial charge is 0.481 e. The van der Waals surface area contributed by atoms with E-state index in [1.807, 2.05) is 27.7 Å². The molecule has 0 bridgehead atoms. The second kappa shape index (κ2) is 7.95. The minimum atomic E-state index is -0.608. The summed E-state index contributed by atoms with van der Waals surface area (Å²) in [6.07, 6.45) is -0.0778. The molecule has 0 aliphatic heterocycles. The Labute approximate surface area is 142 Å².